The van der Waals surface area contributed by atoms with Crippen LogP contribution in [0, 0.1) is 0 Å². The van der Waals surface area contributed by atoms with Gasteiger partial charge < -0.3 is 14.2 Å². The van der Waals surface area contributed by atoms with Crippen LogP contribution in [0.15, 0.2) is 90.4 Å². The second-order valence-corrected chi connectivity index (χ2v) is 7.71. The molecule has 5 heteroatoms. The summed E-state index contributed by atoms with van der Waals surface area (Å²) in [6, 6.07) is 23.0. The van der Waals surface area contributed by atoms with Crippen molar-refractivity contribution in [3.63, 3.8) is 0 Å². The van der Waals surface area contributed by atoms with E-state index in [0.717, 1.165) is 44.1 Å². The van der Waals surface area contributed by atoms with Crippen molar-refractivity contribution in [3.05, 3.63) is 91.0 Å². The van der Waals surface area contributed by atoms with Crippen molar-refractivity contribution in [2.75, 3.05) is 24.6 Å². The molecule has 0 fully saturated rings. The summed E-state index contributed by atoms with van der Waals surface area (Å²) in [4.78, 5) is 11.5. The molecule has 2 heterocycles. The first-order chi connectivity index (χ1) is 15.4. The molecule has 3 aromatic carbocycles. The number of benzene rings is 3. The number of amidine groups is 1. The van der Waals surface area contributed by atoms with Gasteiger partial charge in [0.2, 0.25) is 0 Å². The summed E-state index contributed by atoms with van der Waals surface area (Å²) in [6.07, 6.45) is 7.58. The van der Waals surface area contributed by atoms with Crippen molar-refractivity contribution < 1.29 is 4.74 Å². The van der Waals surface area contributed by atoms with Crippen molar-refractivity contribution in [1.82, 2.24) is 9.55 Å². The summed E-state index contributed by atoms with van der Waals surface area (Å²) >= 11 is 0. The average molecular weight is 411 g/mol. The van der Waals surface area contributed by atoms with Crippen LogP contribution >= 0.6 is 0 Å². The highest BCUT2D eigenvalue weighted by molar-refractivity contribution is 6.27. The third kappa shape index (κ3) is 4.17. The number of rotatable bonds is 9. The maximum Gasteiger partial charge on any atom is 0.136 e. The molecule has 0 atom stereocenters. The van der Waals surface area contributed by atoms with E-state index in [0.29, 0.717) is 6.61 Å². The van der Waals surface area contributed by atoms with Gasteiger partial charge in [-0.3, -0.25) is 4.99 Å². The SMILES string of the molecule is c1ccc(OCCCN2C(=NCCCn3ccnc3)c3cccc4cccc2c34)cc1. The summed E-state index contributed by atoms with van der Waals surface area (Å²) < 4.78 is 8.02. The maximum absolute atomic E-state index is 5.92. The molecule has 0 amide bonds. The monoisotopic (exact) mass is 410 g/mol. The Hall–Kier alpha value is -3.60. The van der Waals surface area contributed by atoms with E-state index in [2.05, 4.69) is 50.8 Å². The number of imidazole rings is 1. The minimum atomic E-state index is 0.681. The first-order valence-corrected chi connectivity index (χ1v) is 10.9. The van der Waals surface area contributed by atoms with E-state index in [1.54, 1.807) is 0 Å². The number of aryl methyl sites for hydroxylation is 1. The minimum absolute atomic E-state index is 0.681. The molecule has 0 aliphatic carbocycles. The van der Waals surface area contributed by atoms with Crippen molar-refractivity contribution in [2.45, 2.75) is 19.4 Å². The third-order valence-electron chi connectivity index (χ3n) is 5.60. The fourth-order valence-electron chi connectivity index (χ4n) is 4.18. The van der Waals surface area contributed by atoms with Gasteiger partial charge in [-0.1, -0.05) is 48.5 Å². The van der Waals surface area contributed by atoms with Gasteiger partial charge in [-0.2, -0.15) is 0 Å². The van der Waals surface area contributed by atoms with Crippen LogP contribution in [0.1, 0.15) is 18.4 Å². The molecule has 31 heavy (non-hydrogen) atoms. The predicted molar refractivity (Wildman–Crippen MR) is 126 cm³/mol. The lowest BCUT2D eigenvalue weighted by Gasteiger charge is -2.21. The number of ether oxygens (including phenoxy) is 1. The standard InChI is InChI=1S/C26H26N4O/c1-2-10-22(11-3-1)31-19-7-17-30-24-13-5-9-21-8-4-12-23(25(21)24)26(30)28-14-6-16-29-18-15-27-20-29/h1-5,8-13,15,18,20H,6-7,14,16-17,19H2. The van der Waals surface area contributed by atoms with Gasteiger partial charge in [0.25, 0.3) is 0 Å². The number of nitrogens with zero attached hydrogens (tertiary/aromatic N) is 4. The molecule has 0 saturated carbocycles. The van der Waals surface area contributed by atoms with E-state index >= 15 is 0 Å². The quantitative estimate of drug-likeness (QED) is 0.358. The predicted octanol–water partition coefficient (Wildman–Crippen LogP) is 5.16. The average Bonchev–Trinajstić information content (AvgIpc) is 3.43. The van der Waals surface area contributed by atoms with Gasteiger partial charge in [0.15, 0.2) is 0 Å². The summed E-state index contributed by atoms with van der Waals surface area (Å²) in [7, 11) is 0. The van der Waals surface area contributed by atoms with Crippen LogP contribution in [0.4, 0.5) is 5.69 Å². The molecule has 5 nitrogen and oxygen atoms in total. The highest BCUT2D eigenvalue weighted by atomic mass is 16.5. The largest absolute Gasteiger partial charge is 0.494 e. The Bertz CT molecular complexity index is 1160. The van der Waals surface area contributed by atoms with E-state index < -0.39 is 0 Å². The highest BCUT2D eigenvalue weighted by Gasteiger charge is 2.27. The number of anilines is 1. The van der Waals surface area contributed by atoms with Crippen molar-refractivity contribution in [1.29, 1.82) is 0 Å². The second-order valence-electron chi connectivity index (χ2n) is 7.71. The molecule has 0 N–H and O–H groups in total. The number of aliphatic imine (C=N–C) groups is 1. The van der Waals surface area contributed by atoms with E-state index in [-0.39, 0.29) is 0 Å². The zero-order valence-corrected chi connectivity index (χ0v) is 17.5. The minimum Gasteiger partial charge on any atom is -0.494 e. The van der Waals surface area contributed by atoms with Crippen LogP contribution in [0.2, 0.25) is 0 Å². The van der Waals surface area contributed by atoms with E-state index in [1.165, 1.54) is 22.0 Å². The van der Waals surface area contributed by atoms with Crippen LogP contribution in [-0.2, 0) is 6.54 Å². The van der Waals surface area contributed by atoms with E-state index in [1.807, 2.05) is 49.1 Å². The zero-order chi connectivity index (χ0) is 20.9. The normalized spacial score (nSPS) is 13.9. The smallest absolute Gasteiger partial charge is 0.136 e. The number of aromatic nitrogens is 2. The lowest BCUT2D eigenvalue weighted by Crippen LogP contribution is -2.30. The molecule has 156 valence electrons. The molecule has 1 aliphatic rings. The van der Waals surface area contributed by atoms with Crippen LogP contribution < -0.4 is 9.64 Å². The summed E-state index contributed by atoms with van der Waals surface area (Å²) in [5, 5.41) is 2.58. The van der Waals surface area contributed by atoms with Gasteiger partial charge in [0, 0.05) is 43.0 Å². The lowest BCUT2D eigenvalue weighted by atomic mass is 10.1. The first-order valence-electron chi connectivity index (χ1n) is 10.9. The molecular formula is C26H26N4O. The lowest BCUT2D eigenvalue weighted by molar-refractivity contribution is 0.313. The molecule has 0 bridgehead atoms. The van der Waals surface area contributed by atoms with Crippen LogP contribution in [0.3, 0.4) is 0 Å². The molecule has 0 unspecified atom stereocenters. The van der Waals surface area contributed by atoms with Gasteiger partial charge in [-0.05, 0) is 36.4 Å². The van der Waals surface area contributed by atoms with Crippen LogP contribution in [0.5, 0.6) is 5.75 Å². The Labute approximate surface area is 182 Å². The Morgan fingerprint density at radius 2 is 1.74 bits per heavy atom. The zero-order valence-electron chi connectivity index (χ0n) is 17.5. The molecule has 1 aliphatic heterocycles. The summed E-state index contributed by atoms with van der Waals surface area (Å²) in [5.41, 5.74) is 2.49. The molecular weight excluding hydrogens is 384 g/mol. The van der Waals surface area contributed by atoms with Gasteiger partial charge in [-0.15, -0.1) is 0 Å². The molecule has 5 rings (SSSR count). The fourth-order valence-corrected chi connectivity index (χ4v) is 4.18. The van der Waals surface area contributed by atoms with E-state index in [9.17, 15) is 0 Å². The molecule has 0 radical (unpaired) electrons. The second kappa shape index (κ2) is 9.04. The molecule has 0 saturated heterocycles. The van der Waals surface area contributed by atoms with Gasteiger partial charge in [0.05, 0.1) is 18.6 Å². The number of hydrogen-bond acceptors (Lipinski definition) is 3. The van der Waals surface area contributed by atoms with Crippen molar-refractivity contribution >= 4 is 22.3 Å². The number of hydrogen-bond donors (Lipinski definition) is 0. The molecule has 0 spiro atoms. The highest BCUT2D eigenvalue weighted by Crippen LogP contribution is 2.37. The Morgan fingerprint density at radius 3 is 2.58 bits per heavy atom. The Balaban J connectivity index is 1.31. The van der Waals surface area contributed by atoms with E-state index in [4.69, 9.17) is 9.73 Å². The Morgan fingerprint density at radius 1 is 0.871 bits per heavy atom. The van der Waals surface area contributed by atoms with Crippen LogP contribution in [0.25, 0.3) is 10.8 Å². The fraction of sp³-hybridized carbons (Fsp3) is 0.231. The summed E-state index contributed by atoms with van der Waals surface area (Å²) in [6.45, 7) is 3.27. The molecule has 4 aromatic rings. The Kier molecular flexibility index (Phi) is 5.65. The summed E-state index contributed by atoms with van der Waals surface area (Å²) in [5.74, 6) is 2.00. The maximum atomic E-state index is 5.92. The van der Waals surface area contributed by atoms with Gasteiger partial charge >= 0.3 is 0 Å². The van der Waals surface area contributed by atoms with Gasteiger partial charge in [-0.25, -0.2) is 4.98 Å². The van der Waals surface area contributed by atoms with Crippen molar-refractivity contribution in [2.24, 2.45) is 4.99 Å². The first kappa shape index (κ1) is 19.4. The van der Waals surface area contributed by atoms with Gasteiger partial charge in [0.1, 0.15) is 11.6 Å². The van der Waals surface area contributed by atoms with Crippen LogP contribution in [-0.4, -0.2) is 35.1 Å². The molecule has 1 aromatic heterocycles. The topological polar surface area (TPSA) is 42.6 Å². The number of para-hydroxylation sites is 1. The van der Waals surface area contributed by atoms with Crippen molar-refractivity contribution in [3.8, 4) is 5.75 Å². The third-order valence-corrected chi connectivity index (χ3v) is 5.60.